The van der Waals surface area contributed by atoms with Gasteiger partial charge in [0.1, 0.15) is 5.52 Å². The van der Waals surface area contributed by atoms with E-state index in [0.717, 1.165) is 27.8 Å². The molecule has 2 N–H and O–H groups in total. The first-order valence-electron chi connectivity index (χ1n) is 5.88. The number of hydrogen-bond donors (Lipinski definition) is 1. The summed E-state index contributed by atoms with van der Waals surface area (Å²) in [7, 11) is 0. The highest BCUT2D eigenvalue weighted by Crippen LogP contribution is 2.31. The molecular weight excluding hydrogens is 224 g/mol. The Bertz CT molecular complexity index is 708. The number of rotatable bonds is 1. The maximum Gasteiger partial charge on any atom is 0.227 e. The Hall–Kier alpha value is -2.29. The molecule has 1 aromatic heterocycles. The number of oxazole rings is 1. The molecule has 90 valence electrons. The van der Waals surface area contributed by atoms with Gasteiger partial charge in [-0.2, -0.15) is 0 Å². The molecular formula is C15H14N2O. The lowest BCUT2D eigenvalue weighted by Crippen LogP contribution is -1.88. The second kappa shape index (κ2) is 3.88. The highest BCUT2D eigenvalue weighted by atomic mass is 16.3. The Balaban J connectivity index is 2.30. The average Bonchev–Trinajstić information content (AvgIpc) is 2.74. The van der Waals surface area contributed by atoms with Crippen molar-refractivity contribution in [2.45, 2.75) is 13.8 Å². The van der Waals surface area contributed by atoms with Gasteiger partial charge in [0.15, 0.2) is 5.58 Å². The van der Waals surface area contributed by atoms with Crippen LogP contribution < -0.4 is 5.73 Å². The molecule has 0 atom stereocenters. The summed E-state index contributed by atoms with van der Waals surface area (Å²) in [6, 6.07) is 11.7. The molecule has 3 nitrogen and oxygen atoms in total. The molecule has 0 unspecified atom stereocenters. The minimum atomic E-state index is 0.638. The van der Waals surface area contributed by atoms with E-state index in [0.29, 0.717) is 11.6 Å². The number of anilines is 1. The van der Waals surface area contributed by atoms with Gasteiger partial charge in [-0.15, -0.1) is 0 Å². The van der Waals surface area contributed by atoms with Gasteiger partial charge in [0.05, 0.1) is 5.69 Å². The van der Waals surface area contributed by atoms with Gasteiger partial charge in [-0.3, -0.25) is 0 Å². The molecule has 0 fully saturated rings. The zero-order chi connectivity index (χ0) is 12.7. The van der Waals surface area contributed by atoms with Gasteiger partial charge in [-0.05, 0) is 37.1 Å². The first kappa shape index (κ1) is 10.8. The van der Waals surface area contributed by atoms with Crippen LogP contribution in [0, 0.1) is 13.8 Å². The number of para-hydroxylation sites is 1. The van der Waals surface area contributed by atoms with Gasteiger partial charge in [-0.25, -0.2) is 4.98 Å². The van der Waals surface area contributed by atoms with Crippen LogP contribution in [-0.2, 0) is 0 Å². The first-order valence-corrected chi connectivity index (χ1v) is 5.88. The monoisotopic (exact) mass is 238 g/mol. The van der Waals surface area contributed by atoms with Crippen LogP contribution in [-0.4, -0.2) is 4.98 Å². The molecule has 3 rings (SSSR count). The Morgan fingerprint density at radius 3 is 2.33 bits per heavy atom. The summed E-state index contributed by atoms with van der Waals surface area (Å²) in [5.74, 6) is 0.638. The van der Waals surface area contributed by atoms with Crippen LogP contribution >= 0.6 is 0 Å². The molecule has 0 saturated carbocycles. The van der Waals surface area contributed by atoms with Crippen LogP contribution in [0.1, 0.15) is 11.1 Å². The summed E-state index contributed by atoms with van der Waals surface area (Å²) in [5, 5.41) is 0. The van der Waals surface area contributed by atoms with Gasteiger partial charge in [0, 0.05) is 5.56 Å². The number of nitrogens with two attached hydrogens (primary N) is 1. The molecule has 3 heteroatoms. The Labute approximate surface area is 105 Å². The molecule has 1 heterocycles. The lowest BCUT2D eigenvalue weighted by Gasteiger charge is -2.04. The second-order valence-electron chi connectivity index (χ2n) is 4.48. The third kappa shape index (κ3) is 1.56. The second-order valence-corrected chi connectivity index (χ2v) is 4.48. The number of fused-ring (bicyclic) bond motifs is 1. The van der Waals surface area contributed by atoms with Crippen molar-refractivity contribution in [3.8, 4) is 11.5 Å². The van der Waals surface area contributed by atoms with Crippen LogP contribution in [0.4, 0.5) is 5.69 Å². The summed E-state index contributed by atoms with van der Waals surface area (Å²) >= 11 is 0. The van der Waals surface area contributed by atoms with E-state index >= 15 is 0 Å². The van der Waals surface area contributed by atoms with Crippen LogP contribution in [0.25, 0.3) is 22.6 Å². The quantitative estimate of drug-likeness (QED) is 0.658. The van der Waals surface area contributed by atoms with E-state index < -0.39 is 0 Å². The van der Waals surface area contributed by atoms with Gasteiger partial charge in [-0.1, -0.05) is 24.3 Å². The van der Waals surface area contributed by atoms with E-state index in [4.69, 9.17) is 10.2 Å². The zero-order valence-electron chi connectivity index (χ0n) is 10.4. The van der Waals surface area contributed by atoms with Crippen molar-refractivity contribution >= 4 is 16.8 Å². The Morgan fingerprint density at radius 2 is 1.67 bits per heavy atom. The van der Waals surface area contributed by atoms with E-state index in [1.165, 1.54) is 0 Å². The fraction of sp³-hybridized carbons (Fsp3) is 0.133. The van der Waals surface area contributed by atoms with Crippen molar-refractivity contribution < 1.29 is 4.42 Å². The molecule has 0 aliphatic rings. The van der Waals surface area contributed by atoms with Crippen molar-refractivity contribution in [1.29, 1.82) is 0 Å². The minimum absolute atomic E-state index is 0.638. The molecule has 0 saturated heterocycles. The average molecular weight is 238 g/mol. The predicted molar refractivity (Wildman–Crippen MR) is 73.3 cm³/mol. The number of nitrogen functional groups attached to an aromatic ring is 1. The number of aryl methyl sites for hydroxylation is 2. The van der Waals surface area contributed by atoms with Crippen LogP contribution in [0.15, 0.2) is 40.8 Å². The molecule has 3 aromatic rings. The SMILES string of the molecule is Cc1cccc(C)c1-c1nc2c(N)cccc2o1. The zero-order valence-corrected chi connectivity index (χ0v) is 10.4. The van der Waals surface area contributed by atoms with Crippen molar-refractivity contribution in [1.82, 2.24) is 4.98 Å². The third-order valence-corrected chi connectivity index (χ3v) is 3.15. The fourth-order valence-corrected chi connectivity index (χ4v) is 2.23. The Morgan fingerprint density at radius 1 is 1.00 bits per heavy atom. The van der Waals surface area contributed by atoms with Crippen LogP contribution in [0.5, 0.6) is 0 Å². The predicted octanol–water partition coefficient (Wildman–Crippen LogP) is 3.69. The third-order valence-electron chi connectivity index (χ3n) is 3.15. The minimum Gasteiger partial charge on any atom is -0.436 e. The van der Waals surface area contributed by atoms with E-state index in [-0.39, 0.29) is 0 Å². The number of benzene rings is 2. The van der Waals surface area contributed by atoms with Crippen LogP contribution in [0.2, 0.25) is 0 Å². The van der Waals surface area contributed by atoms with E-state index in [1.54, 1.807) is 0 Å². The van der Waals surface area contributed by atoms with E-state index in [1.807, 2.05) is 24.3 Å². The van der Waals surface area contributed by atoms with E-state index in [9.17, 15) is 0 Å². The lowest BCUT2D eigenvalue weighted by molar-refractivity contribution is 0.618. The maximum absolute atomic E-state index is 5.90. The van der Waals surface area contributed by atoms with Gasteiger partial charge < -0.3 is 10.2 Å². The topological polar surface area (TPSA) is 52.0 Å². The molecule has 0 spiro atoms. The number of aromatic nitrogens is 1. The summed E-state index contributed by atoms with van der Waals surface area (Å²) in [4.78, 5) is 4.51. The summed E-state index contributed by atoms with van der Waals surface area (Å²) < 4.78 is 5.81. The largest absolute Gasteiger partial charge is 0.436 e. The maximum atomic E-state index is 5.90. The number of hydrogen-bond acceptors (Lipinski definition) is 3. The lowest BCUT2D eigenvalue weighted by atomic mass is 10.0. The Kier molecular flexibility index (Phi) is 2.33. The van der Waals surface area contributed by atoms with Crippen molar-refractivity contribution in [3.05, 3.63) is 47.5 Å². The van der Waals surface area contributed by atoms with Crippen molar-refractivity contribution in [3.63, 3.8) is 0 Å². The normalized spacial score (nSPS) is 11.0. The van der Waals surface area contributed by atoms with Gasteiger partial charge >= 0.3 is 0 Å². The standard InChI is InChI=1S/C15H14N2O/c1-9-5-3-6-10(2)13(9)15-17-14-11(16)7-4-8-12(14)18-15/h3-8H,16H2,1-2H3. The van der Waals surface area contributed by atoms with Crippen molar-refractivity contribution in [2.24, 2.45) is 0 Å². The fourth-order valence-electron chi connectivity index (χ4n) is 2.23. The molecule has 0 aliphatic carbocycles. The molecule has 0 aliphatic heterocycles. The van der Waals surface area contributed by atoms with Gasteiger partial charge in [0.2, 0.25) is 5.89 Å². The molecule has 0 bridgehead atoms. The summed E-state index contributed by atoms with van der Waals surface area (Å²) in [6.07, 6.45) is 0. The molecule has 2 aromatic carbocycles. The molecule has 0 amide bonds. The number of nitrogens with zero attached hydrogens (tertiary/aromatic N) is 1. The molecule has 0 radical (unpaired) electrons. The summed E-state index contributed by atoms with van der Waals surface area (Å²) in [6.45, 7) is 4.11. The highest BCUT2D eigenvalue weighted by Gasteiger charge is 2.13. The molecule has 18 heavy (non-hydrogen) atoms. The van der Waals surface area contributed by atoms with Gasteiger partial charge in [0.25, 0.3) is 0 Å². The smallest absolute Gasteiger partial charge is 0.227 e. The van der Waals surface area contributed by atoms with E-state index in [2.05, 4.69) is 31.0 Å². The van der Waals surface area contributed by atoms with Crippen LogP contribution in [0.3, 0.4) is 0 Å². The van der Waals surface area contributed by atoms with Crippen molar-refractivity contribution in [2.75, 3.05) is 5.73 Å². The first-order chi connectivity index (χ1) is 8.66. The highest BCUT2D eigenvalue weighted by molar-refractivity contribution is 5.87. The summed E-state index contributed by atoms with van der Waals surface area (Å²) in [5.41, 5.74) is 11.4.